The first-order valence-corrected chi connectivity index (χ1v) is 3.48. The molecule has 0 aliphatic heterocycles. The summed E-state index contributed by atoms with van der Waals surface area (Å²) in [5, 5.41) is 17.7. The minimum absolute atomic E-state index is 0.137. The quantitative estimate of drug-likeness (QED) is 0.607. The van der Waals surface area contributed by atoms with Gasteiger partial charge in [-0.05, 0) is 12.8 Å². The number of nitrogens with zero attached hydrogens (tertiary/aromatic N) is 1. The molecular formula is C9H13NO. The minimum atomic E-state index is -0.691. The molecule has 0 saturated heterocycles. The van der Waals surface area contributed by atoms with Crippen molar-refractivity contribution in [3.8, 4) is 6.07 Å². The maximum atomic E-state index is 8.92. The lowest BCUT2D eigenvalue weighted by Gasteiger charge is -2.19. The van der Waals surface area contributed by atoms with E-state index in [1.54, 1.807) is 12.2 Å². The van der Waals surface area contributed by atoms with E-state index < -0.39 is 5.41 Å². The molecule has 0 fully saturated rings. The number of nitriles is 1. The van der Waals surface area contributed by atoms with Gasteiger partial charge < -0.3 is 5.11 Å². The summed E-state index contributed by atoms with van der Waals surface area (Å²) in [7, 11) is 0. The summed E-state index contributed by atoms with van der Waals surface area (Å²) in [4.78, 5) is 0. The molecule has 2 nitrogen and oxygen atoms in total. The molecule has 0 amide bonds. The summed E-state index contributed by atoms with van der Waals surface area (Å²) < 4.78 is 0. The highest BCUT2D eigenvalue weighted by molar-refractivity contribution is 5.05. The van der Waals surface area contributed by atoms with Crippen LogP contribution in [0.15, 0.2) is 25.3 Å². The first-order chi connectivity index (χ1) is 5.24. The van der Waals surface area contributed by atoms with Gasteiger partial charge in [0.25, 0.3) is 0 Å². The third-order valence-electron chi connectivity index (χ3n) is 1.61. The number of aliphatic hydroxyl groups excluding tert-OH is 1. The van der Waals surface area contributed by atoms with E-state index in [4.69, 9.17) is 10.4 Å². The molecular weight excluding hydrogens is 138 g/mol. The fourth-order valence-electron chi connectivity index (χ4n) is 0.892. The van der Waals surface area contributed by atoms with Crippen molar-refractivity contribution in [3.05, 3.63) is 25.3 Å². The van der Waals surface area contributed by atoms with Crippen molar-refractivity contribution in [2.24, 2.45) is 5.41 Å². The molecule has 1 N–H and O–H groups in total. The summed E-state index contributed by atoms with van der Waals surface area (Å²) in [6.45, 7) is 6.92. The van der Waals surface area contributed by atoms with Gasteiger partial charge in [-0.3, -0.25) is 0 Å². The van der Waals surface area contributed by atoms with Gasteiger partial charge in [0.05, 0.1) is 18.1 Å². The standard InChI is InChI=1S/C9H13NO/c1-3-5-9(7-10,8-11)6-4-2/h3-4,11H,1-2,5-6,8H2. The molecule has 0 bridgehead atoms. The van der Waals surface area contributed by atoms with Crippen molar-refractivity contribution in [1.82, 2.24) is 0 Å². The van der Waals surface area contributed by atoms with Crippen molar-refractivity contribution < 1.29 is 5.11 Å². The van der Waals surface area contributed by atoms with Gasteiger partial charge in [0.2, 0.25) is 0 Å². The zero-order valence-corrected chi connectivity index (χ0v) is 6.58. The Kier molecular flexibility index (Phi) is 4.24. The number of aliphatic hydroxyl groups is 1. The van der Waals surface area contributed by atoms with Gasteiger partial charge in [-0.25, -0.2) is 0 Å². The summed E-state index contributed by atoms with van der Waals surface area (Å²) in [6.07, 6.45) is 4.30. The second-order valence-electron chi connectivity index (χ2n) is 2.54. The van der Waals surface area contributed by atoms with Crippen LogP contribution in [0.25, 0.3) is 0 Å². The Morgan fingerprint density at radius 3 is 2.00 bits per heavy atom. The molecule has 0 heterocycles. The topological polar surface area (TPSA) is 44.0 Å². The predicted octanol–water partition coefficient (Wildman–Crippen LogP) is 1.64. The van der Waals surface area contributed by atoms with E-state index in [1.807, 2.05) is 0 Å². The van der Waals surface area contributed by atoms with E-state index in [9.17, 15) is 0 Å². The van der Waals surface area contributed by atoms with Gasteiger partial charge in [-0.2, -0.15) is 5.26 Å². The van der Waals surface area contributed by atoms with E-state index in [-0.39, 0.29) is 6.61 Å². The zero-order chi connectivity index (χ0) is 8.74. The molecule has 0 aliphatic carbocycles. The summed E-state index contributed by atoms with van der Waals surface area (Å²) in [5.74, 6) is 0. The molecule has 0 atom stereocenters. The molecule has 0 aromatic rings. The Balaban J connectivity index is 4.33. The molecule has 0 radical (unpaired) electrons. The maximum absolute atomic E-state index is 8.92. The van der Waals surface area contributed by atoms with Crippen molar-refractivity contribution >= 4 is 0 Å². The van der Waals surface area contributed by atoms with E-state index in [1.165, 1.54) is 0 Å². The first kappa shape index (κ1) is 9.93. The van der Waals surface area contributed by atoms with E-state index >= 15 is 0 Å². The third-order valence-corrected chi connectivity index (χ3v) is 1.61. The molecule has 0 aliphatic rings. The third kappa shape index (κ3) is 2.57. The fraction of sp³-hybridized carbons (Fsp3) is 0.444. The molecule has 11 heavy (non-hydrogen) atoms. The van der Waals surface area contributed by atoms with Gasteiger partial charge in [-0.15, -0.1) is 13.2 Å². The maximum Gasteiger partial charge on any atom is 0.0872 e. The summed E-state index contributed by atoms with van der Waals surface area (Å²) in [5.41, 5.74) is -0.691. The molecule has 0 aromatic carbocycles. The van der Waals surface area contributed by atoms with Gasteiger partial charge in [0.1, 0.15) is 0 Å². The number of hydrogen-bond donors (Lipinski definition) is 1. The Morgan fingerprint density at radius 1 is 1.36 bits per heavy atom. The molecule has 60 valence electrons. The predicted molar refractivity (Wildman–Crippen MR) is 44.8 cm³/mol. The Bertz CT molecular complexity index is 168. The van der Waals surface area contributed by atoms with Crippen LogP contribution in [0.1, 0.15) is 12.8 Å². The van der Waals surface area contributed by atoms with Crippen LogP contribution in [0.3, 0.4) is 0 Å². The van der Waals surface area contributed by atoms with Crippen LogP contribution >= 0.6 is 0 Å². The van der Waals surface area contributed by atoms with Gasteiger partial charge in [0, 0.05) is 0 Å². The lowest BCUT2D eigenvalue weighted by atomic mass is 9.84. The van der Waals surface area contributed by atoms with Crippen molar-refractivity contribution in [2.45, 2.75) is 12.8 Å². The monoisotopic (exact) mass is 151 g/mol. The van der Waals surface area contributed by atoms with E-state index in [0.29, 0.717) is 12.8 Å². The van der Waals surface area contributed by atoms with Crippen molar-refractivity contribution in [3.63, 3.8) is 0 Å². The van der Waals surface area contributed by atoms with E-state index in [2.05, 4.69) is 19.2 Å². The smallest absolute Gasteiger partial charge is 0.0872 e. The van der Waals surface area contributed by atoms with Crippen molar-refractivity contribution in [1.29, 1.82) is 5.26 Å². The van der Waals surface area contributed by atoms with Gasteiger partial charge in [-0.1, -0.05) is 12.2 Å². The molecule has 0 rings (SSSR count). The average molecular weight is 151 g/mol. The van der Waals surface area contributed by atoms with E-state index in [0.717, 1.165) is 0 Å². The van der Waals surface area contributed by atoms with Crippen LogP contribution in [-0.4, -0.2) is 11.7 Å². The lowest BCUT2D eigenvalue weighted by Crippen LogP contribution is -2.21. The Morgan fingerprint density at radius 2 is 1.82 bits per heavy atom. The number of hydrogen-bond acceptors (Lipinski definition) is 2. The van der Waals surface area contributed by atoms with Gasteiger partial charge in [0.15, 0.2) is 0 Å². The molecule has 0 unspecified atom stereocenters. The Labute approximate surface area is 67.5 Å². The van der Waals surface area contributed by atoms with Crippen LogP contribution in [-0.2, 0) is 0 Å². The summed E-state index contributed by atoms with van der Waals surface area (Å²) in [6, 6.07) is 2.07. The van der Waals surface area contributed by atoms with Crippen LogP contribution in [0.5, 0.6) is 0 Å². The van der Waals surface area contributed by atoms with Crippen molar-refractivity contribution in [2.75, 3.05) is 6.61 Å². The van der Waals surface area contributed by atoms with Crippen LogP contribution in [0, 0.1) is 16.7 Å². The highest BCUT2D eigenvalue weighted by Gasteiger charge is 2.25. The zero-order valence-electron chi connectivity index (χ0n) is 6.58. The van der Waals surface area contributed by atoms with Crippen LogP contribution < -0.4 is 0 Å². The summed E-state index contributed by atoms with van der Waals surface area (Å²) >= 11 is 0. The highest BCUT2D eigenvalue weighted by atomic mass is 16.3. The van der Waals surface area contributed by atoms with Crippen LogP contribution in [0.4, 0.5) is 0 Å². The minimum Gasteiger partial charge on any atom is -0.395 e. The highest BCUT2D eigenvalue weighted by Crippen LogP contribution is 2.25. The largest absolute Gasteiger partial charge is 0.395 e. The van der Waals surface area contributed by atoms with Gasteiger partial charge >= 0.3 is 0 Å². The molecule has 0 spiro atoms. The number of allylic oxidation sites excluding steroid dienone is 2. The molecule has 0 aromatic heterocycles. The second-order valence-corrected chi connectivity index (χ2v) is 2.54. The lowest BCUT2D eigenvalue weighted by molar-refractivity contribution is 0.179. The molecule has 2 heteroatoms. The fourth-order valence-corrected chi connectivity index (χ4v) is 0.892. The second kappa shape index (κ2) is 4.70. The SMILES string of the molecule is C=CCC(C#N)(CO)CC=C. The first-order valence-electron chi connectivity index (χ1n) is 3.48. The Hall–Kier alpha value is -1.07. The normalized spacial score (nSPS) is 10.2. The van der Waals surface area contributed by atoms with Crippen LogP contribution in [0.2, 0.25) is 0 Å². The molecule has 0 saturated carbocycles. The average Bonchev–Trinajstić information content (AvgIpc) is 2.04. The number of rotatable bonds is 5.